The smallest absolute Gasteiger partial charge is 0.0297 e. The van der Waals surface area contributed by atoms with Crippen LogP contribution in [0.2, 0.25) is 0 Å². The van der Waals surface area contributed by atoms with Crippen molar-refractivity contribution in [3.8, 4) is 0 Å². The van der Waals surface area contributed by atoms with Crippen molar-refractivity contribution in [2.24, 2.45) is 11.7 Å². The Bertz CT molecular complexity index is 324. The minimum atomic E-state index is 0.175. The summed E-state index contributed by atoms with van der Waals surface area (Å²) in [6, 6.07) is 8.55. The first kappa shape index (κ1) is 14.7. The molecule has 0 spiro atoms. The third-order valence-electron chi connectivity index (χ3n) is 3.41. The molecule has 1 nitrogen and oxygen atoms in total. The summed E-state index contributed by atoms with van der Waals surface area (Å²) in [5.74, 6) is 0.768. The Labute approximate surface area is 114 Å². The van der Waals surface area contributed by atoms with E-state index in [1.165, 1.54) is 31.2 Å². The first-order chi connectivity index (χ1) is 8.17. The van der Waals surface area contributed by atoms with Gasteiger partial charge < -0.3 is 5.73 Å². The van der Waals surface area contributed by atoms with Crippen LogP contribution in [-0.4, -0.2) is 0 Å². The fourth-order valence-corrected chi connectivity index (χ4v) is 2.63. The molecular formula is C15H24BrN. The van der Waals surface area contributed by atoms with E-state index in [0.717, 1.165) is 16.8 Å². The second kappa shape index (κ2) is 7.88. The summed E-state index contributed by atoms with van der Waals surface area (Å²) in [4.78, 5) is 0. The summed E-state index contributed by atoms with van der Waals surface area (Å²) in [5.41, 5.74) is 7.54. The van der Waals surface area contributed by atoms with Gasteiger partial charge in [-0.05, 0) is 30.0 Å². The fraction of sp³-hybridized carbons (Fsp3) is 0.600. The van der Waals surface area contributed by atoms with Gasteiger partial charge in [0.25, 0.3) is 0 Å². The highest BCUT2D eigenvalue weighted by atomic mass is 79.9. The van der Waals surface area contributed by atoms with E-state index >= 15 is 0 Å². The maximum absolute atomic E-state index is 6.29. The summed E-state index contributed by atoms with van der Waals surface area (Å²) in [6.45, 7) is 4.52. The van der Waals surface area contributed by atoms with E-state index in [1.54, 1.807) is 0 Å². The van der Waals surface area contributed by atoms with Gasteiger partial charge in [0.05, 0.1) is 0 Å². The lowest BCUT2D eigenvalue weighted by Crippen LogP contribution is -2.15. The van der Waals surface area contributed by atoms with Crippen molar-refractivity contribution in [1.29, 1.82) is 0 Å². The molecule has 0 saturated carbocycles. The SMILES string of the molecule is CCCCC(CC)CC(N)c1cccc(Br)c1. The highest BCUT2D eigenvalue weighted by Gasteiger charge is 2.13. The van der Waals surface area contributed by atoms with Crippen LogP contribution in [0, 0.1) is 5.92 Å². The van der Waals surface area contributed by atoms with Crippen molar-refractivity contribution in [3.63, 3.8) is 0 Å². The number of benzene rings is 1. The van der Waals surface area contributed by atoms with Crippen molar-refractivity contribution in [2.45, 2.75) is 52.0 Å². The second-order valence-electron chi connectivity index (χ2n) is 4.81. The van der Waals surface area contributed by atoms with Gasteiger partial charge in [0.1, 0.15) is 0 Å². The average Bonchev–Trinajstić information content (AvgIpc) is 2.34. The standard InChI is InChI=1S/C15H24BrN/c1-3-5-7-12(4-2)10-15(17)13-8-6-9-14(16)11-13/h6,8-9,11-12,15H,3-5,7,10,17H2,1-2H3. The Hall–Kier alpha value is -0.340. The Kier molecular flexibility index (Phi) is 6.83. The number of unbranched alkanes of at least 4 members (excludes halogenated alkanes) is 1. The molecule has 0 aliphatic rings. The molecule has 2 unspecified atom stereocenters. The third-order valence-corrected chi connectivity index (χ3v) is 3.90. The van der Waals surface area contributed by atoms with E-state index in [9.17, 15) is 0 Å². The van der Waals surface area contributed by atoms with Gasteiger partial charge in [-0.25, -0.2) is 0 Å². The Morgan fingerprint density at radius 2 is 2.06 bits per heavy atom. The van der Waals surface area contributed by atoms with Crippen LogP contribution in [0.4, 0.5) is 0 Å². The molecule has 2 N–H and O–H groups in total. The van der Waals surface area contributed by atoms with E-state index < -0.39 is 0 Å². The molecule has 0 bridgehead atoms. The van der Waals surface area contributed by atoms with Crippen LogP contribution < -0.4 is 5.73 Å². The molecule has 2 heteroatoms. The number of hydrogen-bond donors (Lipinski definition) is 1. The predicted octanol–water partition coefficient (Wildman–Crippen LogP) is 5.06. The second-order valence-corrected chi connectivity index (χ2v) is 5.73. The lowest BCUT2D eigenvalue weighted by atomic mass is 9.90. The molecule has 2 atom stereocenters. The van der Waals surface area contributed by atoms with E-state index in [1.807, 2.05) is 6.07 Å². The van der Waals surface area contributed by atoms with Crippen molar-refractivity contribution < 1.29 is 0 Å². The molecule has 0 heterocycles. The van der Waals surface area contributed by atoms with Crippen molar-refractivity contribution in [1.82, 2.24) is 0 Å². The lowest BCUT2D eigenvalue weighted by Gasteiger charge is -2.20. The lowest BCUT2D eigenvalue weighted by molar-refractivity contribution is 0.388. The zero-order chi connectivity index (χ0) is 12.7. The number of nitrogens with two attached hydrogens (primary N) is 1. The van der Waals surface area contributed by atoms with E-state index in [-0.39, 0.29) is 6.04 Å². The molecule has 1 aromatic rings. The van der Waals surface area contributed by atoms with Crippen LogP contribution in [-0.2, 0) is 0 Å². The molecule has 0 fully saturated rings. The van der Waals surface area contributed by atoms with Gasteiger partial charge in [0, 0.05) is 10.5 Å². The molecular weight excluding hydrogens is 274 g/mol. The molecule has 96 valence electrons. The molecule has 1 rings (SSSR count). The molecule has 0 aromatic heterocycles. The Morgan fingerprint density at radius 3 is 2.65 bits per heavy atom. The number of rotatable bonds is 7. The Balaban J connectivity index is 2.54. The number of halogens is 1. The van der Waals surface area contributed by atoms with Gasteiger partial charge in [-0.2, -0.15) is 0 Å². The normalized spacial score (nSPS) is 14.6. The highest BCUT2D eigenvalue weighted by molar-refractivity contribution is 9.10. The van der Waals surface area contributed by atoms with Crippen LogP contribution >= 0.6 is 15.9 Å². The zero-order valence-corrected chi connectivity index (χ0v) is 12.5. The summed E-state index contributed by atoms with van der Waals surface area (Å²) in [6.07, 6.45) is 6.26. The largest absolute Gasteiger partial charge is 0.324 e. The summed E-state index contributed by atoms with van der Waals surface area (Å²) in [5, 5.41) is 0. The first-order valence-corrected chi connectivity index (χ1v) is 7.47. The maximum Gasteiger partial charge on any atom is 0.0297 e. The molecule has 0 saturated heterocycles. The van der Waals surface area contributed by atoms with E-state index in [4.69, 9.17) is 5.73 Å². The molecule has 1 aromatic carbocycles. The van der Waals surface area contributed by atoms with E-state index in [2.05, 4.69) is 48.0 Å². The minimum Gasteiger partial charge on any atom is -0.324 e. The van der Waals surface area contributed by atoms with Gasteiger partial charge in [-0.3, -0.25) is 0 Å². The number of hydrogen-bond acceptors (Lipinski definition) is 1. The first-order valence-electron chi connectivity index (χ1n) is 6.68. The summed E-state index contributed by atoms with van der Waals surface area (Å²) in [7, 11) is 0. The van der Waals surface area contributed by atoms with Crippen molar-refractivity contribution in [3.05, 3.63) is 34.3 Å². The van der Waals surface area contributed by atoms with Crippen molar-refractivity contribution >= 4 is 15.9 Å². The Morgan fingerprint density at radius 1 is 1.29 bits per heavy atom. The van der Waals surface area contributed by atoms with E-state index in [0.29, 0.717) is 0 Å². The third kappa shape index (κ3) is 5.22. The van der Waals surface area contributed by atoms with Crippen LogP contribution in [0.5, 0.6) is 0 Å². The predicted molar refractivity (Wildman–Crippen MR) is 79.0 cm³/mol. The zero-order valence-electron chi connectivity index (χ0n) is 11.0. The van der Waals surface area contributed by atoms with Crippen LogP contribution in [0.1, 0.15) is 57.6 Å². The molecule has 0 aliphatic heterocycles. The monoisotopic (exact) mass is 297 g/mol. The topological polar surface area (TPSA) is 26.0 Å². The quantitative estimate of drug-likeness (QED) is 0.748. The average molecular weight is 298 g/mol. The van der Waals surface area contributed by atoms with Gasteiger partial charge in [0.15, 0.2) is 0 Å². The maximum atomic E-state index is 6.29. The van der Waals surface area contributed by atoms with Gasteiger partial charge in [0.2, 0.25) is 0 Å². The molecule has 0 aliphatic carbocycles. The summed E-state index contributed by atoms with van der Waals surface area (Å²) >= 11 is 3.50. The van der Waals surface area contributed by atoms with Crippen LogP contribution in [0.3, 0.4) is 0 Å². The molecule has 0 radical (unpaired) electrons. The van der Waals surface area contributed by atoms with Gasteiger partial charge in [-0.1, -0.05) is 67.6 Å². The van der Waals surface area contributed by atoms with Crippen molar-refractivity contribution in [2.75, 3.05) is 0 Å². The summed E-state index contributed by atoms with van der Waals surface area (Å²) < 4.78 is 1.12. The minimum absolute atomic E-state index is 0.175. The molecule has 17 heavy (non-hydrogen) atoms. The highest BCUT2D eigenvalue weighted by Crippen LogP contribution is 2.26. The fourth-order valence-electron chi connectivity index (χ4n) is 2.21. The van der Waals surface area contributed by atoms with Crippen LogP contribution in [0.15, 0.2) is 28.7 Å². The van der Waals surface area contributed by atoms with Gasteiger partial charge in [-0.15, -0.1) is 0 Å². The van der Waals surface area contributed by atoms with Crippen LogP contribution in [0.25, 0.3) is 0 Å². The molecule has 0 amide bonds. The van der Waals surface area contributed by atoms with Gasteiger partial charge >= 0.3 is 0 Å².